The number of ketones is 1. The van der Waals surface area contributed by atoms with Gasteiger partial charge in [-0.15, -0.1) is 0 Å². The van der Waals surface area contributed by atoms with E-state index in [-0.39, 0.29) is 37.0 Å². The summed E-state index contributed by atoms with van der Waals surface area (Å²) in [5, 5.41) is 11.6. The minimum Gasteiger partial charge on any atom is -0.490 e. The van der Waals surface area contributed by atoms with Gasteiger partial charge in [0, 0.05) is 34.9 Å². The maximum atomic E-state index is 13.7. The molecule has 0 unspecified atom stereocenters. The minimum atomic E-state index is -1.56. The summed E-state index contributed by atoms with van der Waals surface area (Å²) < 4.78 is 25.7. The number of nitrogens with two attached hydrogens (primary N) is 1. The van der Waals surface area contributed by atoms with Gasteiger partial charge in [-0.1, -0.05) is 6.07 Å². The Bertz CT molecular complexity index is 1710. The molecule has 0 spiro atoms. The van der Waals surface area contributed by atoms with Crippen molar-refractivity contribution in [2.75, 3.05) is 6.61 Å². The number of ether oxygens (including phenoxy) is 2. The molecule has 6 rings (SSSR count). The van der Waals surface area contributed by atoms with E-state index < -0.39 is 22.7 Å². The molecule has 1 aliphatic heterocycles. The molecule has 1 fully saturated rings. The van der Waals surface area contributed by atoms with Crippen molar-refractivity contribution in [3.05, 3.63) is 89.8 Å². The van der Waals surface area contributed by atoms with Crippen LogP contribution in [0.1, 0.15) is 61.1 Å². The molecule has 0 saturated heterocycles. The highest BCUT2D eigenvalue weighted by Gasteiger charge is 2.45. The first kappa shape index (κ1) is 28.4. The lowest BCUT2D eigenvalue weighted by molar-refractivity contribution is -0.123. The van der Waals surface area contributed by atoms with Gasteiger partial charge in [0.25, 0.3) is 0 Å². The highest BCUT2D eigenvalue weighted by Crippen LogP contribution is 2.46. The average molecular weight is 583 g/mol. The highest BCUT2D eigenvalue weighted by molar-refractivity contribution is 5.97. The van der Waals surface area contributed by atoms with Crippen LogP contribution in [0.3, 0.4) is 0 Å². The van der Waals surface area contributed by atoms with E-state index >= 15 is 0 Å². The number of fused-ring (bicyclic) bond motifs is 1. The van der Waals surface area contributed by atoms with E-state index in [1.54, 1.807) is 56.4 Å². The maximum Gasteiger partial charge on any atom is 0.231 e. The summed E-state index contributed by atoms with van der Waals surface area (Å²) in [7, 11) is 0. The molecule has 1 amide bonds. The average Bonchev–Trinajstić information content (AvgIpc) is 3.76. The number of pyridine rings is 1. The third-order valence-corrected chi connectivity index (χ3v) is 8.10. The molecule has 10 heteroatoms. The lowest BCUT2D eigenvalue weighted by Gasteiger charge is -2.26. The molecule has 2 aromatic heterocycles. The first-order chi connectivity index (χ1) is 20.5. The van der Waals surface area contributed by atoms with Crippen LogP contribution in [0.2, 0.25) is 0 Å². The lowest BCUT2D eigenvalue weighted by atomic mass is 9.81. The smallest absolute Gasteiger partial charge is 0.231 e. The number of carbonyl (C=O) groups is 2. The number of hydrogen-bond donors (Lipinski definition) is 2. The number of hydrogen-bond acceptors (Lipinski definition) is 8. The Morgan fingerprint density at radius 2 is 1.93 bits per heavy atom. The molecule has 9 nitrogen and oxygen atoms in total. The van der Waals surface area contributed by atoms with Gasteiger partial charge in [-0.3, -0.25) is 9.59 Å². The Hall–Kier alpha value is -4.70. The number of amides is 1. The van der Waals surface area contributed by atoms with Crippen LogP contribution in [0.25, 0.3) is 22.5 Å². The zero-order chi connectivity index (χ0) is 30.4. The minimum absolute atomic E-state index is 0.00783. The molecule has 3 N–H and O–H groups in total. The largest absolute Gasteiger partial charge is 0.490 e. The van der Waals surface area contributed by atoms with Gasteiger partial charge >= 0.3 is 0 Å². The fraction of sp³-hybridized carbons (Fsp3) is 0.303. The molecular weight excluding hydrogens is 551 g/mol. The first-order valence-corrected chi connectivity index (χ1v) is 14.1. The number of benzene rings is 2. The standard InChI is InChI=1S/C33H31FN4O5/c1-32(31(35)40)17-42-30-24(32)16-28(38-29(30)19-3-6-21(34)7-4-19)33(2,41)13-11-26(39)20-5-10-23(25-12-14-36-18-37-25)27(15-20)43-22-8-9-22/h3-7,10,12,14-16,18,22,41H,8-9,11,13,17H2,1-2H3,(H2,35,40)/t32-,33-/m0/s1. The van der Waals surface area contributed by atoms with Crippen LogP contribution in [0, 0.1) is 5.82 Å². The SMILES string of the molecule is C[C@](O)(CCC(=O)c1ccc(-c2ccncn2)c(OC2CC2)c1)c1cc2c(c(-c3ccc(F)cc3)n1)OC[C@]2(C)C(N)=O. The van der Waals surface area contributed by atoms with Gasteiger partial charge in [0.2, 0.25) is 5.91 Å². The van der Waals surface area contributed by atoms with Crippen molar-refractivity contribution < 1.29 is 28.6 Å². The number of halogens is 1. The van der Waals surface area contributed by atoms with Gasteiger partial charge in [-0.2, -0.15) is 0 Å². The van der Waals surface area contributed by atoms with Crippen LogP contribution in [-0.4, -0.2) is 44.5 Å². The number of Topliss-reactive ketones (excluding diaryl/α,β-unsaturated/α-hetero) is 1. The van der Waals surface area contributed by atoms with Gasteiger partial charge in [-0.05, 0) is 81.6 Å². The fourth-order valence-electron chi connectivity index (χ4n) is 5.12. The number of aliphatic hydroxyl groups is 1. The third-order valence-electron chi connectivity index (χ3n) is 8.10. The van der Waals surface area contributed by atoms with Crippen molar-refractivity contribution in [2.24, 2.45) is 5.73 Å². The van der Waals surface area contributed by atoms with E-state index in [0.717, 1.165) is 18.4 Å². The molecule has 2 atom stereocenters. The first-order valence-electron chi connectivity index (χ1n) is 14.1. The highest BCUT2D eigenvalue weighted by atomic mass is 19.1. The summed E-state index contributed by atoms with van der Waals surface area (Å²) in [6, 6.07) is 14.4. The summed E-state index contributed by atoms with van der Waals surface area (Å²) in [6.07, 6.45) is 5.19. The van der Waals surface area contributed by atoms with Crippen molar-refractivity contribution in [1.82, 2.24) is 15.0 Å². The van der Waals surface area contributed by atoms with Gasteiger partial charge in [-0.25, -0.2) is 19.3 Å². The molecule has 4 aromatic rings. The zero-order valence-electron chi connectivity index (χ0n) is 23.8. The molecule has 0 radical (unpaired) electrons. The quantitative estimate of drug-likeness (QED) is 0.252. The van der Waals surface area contributed by atoms with Crippen molar-refractivity contribution in [3.63, 3.8) is 0 Å². The maximum absolute atomic E-state index is 13.7. The van der Waals surface area contributed by atoms with Crippen LogP contribution in [0.5, 0.6) is 11.5 Å². The van der Waals surface area contributed by atoms with E-state index in [0.29, 0.717) is 39.6 Å². The molecule has 3 heterocycles. The van der Waals surface area contributed by atoms with E-state index in [1.165, 1.54) is 18.5 Å². The van der Waals surface area contributed by atoms with Gasteiger partial charge < -0.3 is 20.3 Å². The van der Waals surface area contributed by atoms with E-state index in [2.05, 4.69) is 9.97 Å². The molecule has 43 heavy (non-hydrogen) atoms. The predicted molar refractivity (Wildman–Crippen MR) is 156 cm³/mol. The fourth-order valence-corrected chi connectivity index (χ4v) is 5.12. The van der Waals surface area contributed by atoms with Crippen LogP contribution in [0.4, 0.5) is 4.39 Å². The number of carbonyl (C=O) groups excluding carboxylic acids is 2. The summed E-state index contributed by atoms with van der Waals surface area (Å²) in [4.78, 5) is 38.9. The Balaban J connectivity index is 1.29. The number of aromatic nitrogens is 3. The summed E-state index contributed by atoms with van der Waals surface area (Å²) in [5.74, 6) is -0.247. The van der Waals surface area contributed by atoms with Gasteiger partial charge in [0.1, 0.15) is 47.0 Å². The van der Waals surface area contributed by atoms with Crippen LogP contribution < -0.4 is 15.2 Å². The summed E-state index contributed by atoms with van der Waals surface area (Å²) in [5.41, 5.74) is 6.59. The lowest BCUT2D eigenvalue weighted by Crippen LogP contribution is -2.40. The van der Waals surface area contributed by atoms with Gasteiger partial charge in [0.15, 0.2) is 5.78 Å². The Morgan fingerprint density at radius 3 is 2.60 bits per heavy atom. The Morgan fingerprint density at radius 1 is 1.16 bits per heavy atom. The number of nitrogens with zero attached hydrogens (tertiary/aromatic N) is 3. The summed E-state index contributed by atoms with van der Waals surface area (Å²) >= 11 is 0. The van der Waals surface area contributed by atoms with Crippen molar-refractivity contribution in [1.29, 1.82) is 0 Å². The van der Waals surface area contributed by atoms with Crippen molar-refractivity contribution >= 4 is 11.7 Å². The molecule has 220 valence electrons. The predicted octanol–water partition coefficient (Wildman–Crippen LogP) is 4.89. The monoisotopic (exact) mass is 582 g/mol. The Kier molecular flexibility index (Phi) is 7.17. The number of primary amides is 1. The van der Waals surface area contributed by atoms with Crippen molar-refractivity contribution in [3.8, 4) is 34.0 Å². The van der Waals surface area contributed by atoms with E-state index in [1.807, 2.05) is 6.07 Å². The third kappa shape index (κ3) is 5.58. The van der Waals surface area contributed by atoms with E-state index in [9.17, 15) is 19.1 Å². The van der Waals surface area contributed by atoms with Gasteiger partial charge in [0.05, 0.1) is 17.5 Å². The normalized spacial score (nSPS) is 18.8. The molecular formula is C33H31FN4O5. The molecule has 2 aliphatic rings. The molecule has 2 aromatic carbocycles. The Labute approximate surface area is 247 Å². The molecule has 0 bridgehead atoms. The van der Waals surface area contributed by atoms with Crippen LogP contribution in [0.15, 0.2) is 67.1 Å². The number of rotatable bonds is 10. The van der Waals surface area contributed by atoms with Crippen molar-refractivity contribution in [2.45, 2.75) is 56.7 Å². The van der Waals surface area contributed by atoms with Crippen LogP contribution in [-0.2, 0) is 15.8 Å². The molecule has 1 saturated carbocycles. The zero-order valence-corrected chi connectivity index (χ0v) is 23.8. The molecule has 1 aliphatic carbocycles. The second kappa shape index (κ2) is 10.9. The van der Waals surface area contributed by atoms with Crippen LogP contribution >= 0.6 is 0 Å². The van der Waals surface area contributed by atoms with E-state index in [4.69, 9.17) is 20.2 Å². The second-order valence-electron chi connectivity index (χ2n) is 11.5. The topological polar surface area (TPSA) is 138 Å². The summed E-state index contributed by atoms with van der Waals surface area (Å²) in [6.45, 7) is 3.25. The second-order valence-corrected chi connectivity index (χ2v) is 11.5.